The number of rotatable bonds is 5. The molecule has 1 aliphatic heterocycles. The second kappa shape index (κ2) is 7.37. The minimum Gasteiger partial charge on any atom is -0.377 e. The van der Waals surface area contributed by atoms with Gasteiger partial charge in [-0.2, -0.15) is 0 Å². The molecule has 1 saturated heterocycles. The molecule has 1 N–H and O–H groups in total. The number of hydrogen-bond acceptors (Lipinski definition) is 3. The molecular weight excluding hydrogens is 260 g/mol. The Balaban J connectivity index is 1.82. The average Bonchev–Trinajstić information content (AvgIpc) is 2.56. The molecule has 3 rings (SSSR count). The van der Waals surface area contributed by atoms with Crippen molar-refractivity contribution in [1.29, 1.82) is 0 Å². The summed E-state index contributed by atoms with van der Waals surface area (Å²) in [6.07, 6.45) is 10.9. The zero-order valence-electron chi connectivity index (χ0n) is 13.2. The predicted molar refractivity (Wildman–Crippen MR) is 85.6 cm³/mol. The smallest absolute Gasteiger partial charge is 0.0734 e. The van der Waals surface area contributed by atoms with Crippen LogP contribution in [-0.2, 0) is 11.2 Å². The minimum absolute atomic E-state index is 0.364. The van der Waals surface area contributed by atoms with Crippen molar-refractivity contribution >= 4 is 0 Å². The molecule has 2 aliphatic rings. The number of nitrogens with one attached hydrogen (secondary N) is 1. The van der Waals surface area contributed by atoms with E-state index < -0.39 is 0 Å². The van der Waals surface area contributed by atoms with Crippen molar-refractivity contribution in [1.82, 2.24) is 10.3 Å². The van der Waals surface area contributed by atoms with Crippen LogP contribution in [0.1, 0.15) is 62.6 Å². The first-order valence-electron chi connectivity index (χ1n) is 8.69. The highest BCUT2D eigenvalue weighted by Crippen LogP contribution is 2.35. The molecule has 0 radical (unpaired) electrons. The lowest BCUT2D eigenvalue weighted by atomic mass is 9.79. The molecule has 3 unspecified atom stereocenters. The van der Waals surface area contributed by atoms with Crippen molar-refractivity contribution in [2.45, 2.75) is 69.9 Å². The molecule has 21 heavy (non-hydrogen) atoms. The van der Waals surface area contributed by atoms with Gasteiger partial charge < -0.3 is 10.1 Å². The maximum Gasteiger partial charge on any atom is 0.0734 e. The van der Waals surface area contributed by atoms with E-state index in [1.54, 1.807) is 0 Å². The van der Waals surface area contributed by atoms with E-state index in [-0.39, 0.29) is 0 Å². The first-order valence-corrected chi connectivity index (χ1v) is 8.69. The van der Waals surface area contributed by atoms with Crippen LogP contribution in [0.5, 0.6) is 0 Å². The van der Waals surface area contributed by atoms with Gasteiger partial charge in [0.1, 0.15) is 0 Å². The molecule has 3 nitrogen and oxygen atoms in total. The van der Waals surface area contributed by atoms with Crippen molar-refractivity contribution in [3.8, 4) is 0 Å². The van der Waals surface area contributed by atoms with Gasteiger partial charge in [0.25, 0.3) is 0 Å². The van der Waals surface area contributed by atoms with Crippen LogP contribution < -0.4 is 5.32 Å². The number of aryl methyl sites for hydroxylation is 1. The lowest BCUT2D eigenvalue weighted by Crippen LogP contribution is -2.48. The summed E-state index contributed by atoms with van der Waals surface area (Å²) in [5.74, 6) is 0.518. The summed E-state index contributed by atoms with van der Waals surface area (Å²) < 4.78 is 6.12. The Hall–Kier alpha value is -0.930. The SMILES string of the molecule is CCCNC(C1CCCCO1)C1CCCc2cccnc21. The Morgan fingerprint density at radius 1 is 1.33 bits per heavy atom. The van der Waals surface area contributed by atoms with Crippen LogP contribution in [0.25, 0.3) is 0 Å². The summed E-state index contributed by atoms with van der Waals surface area (Å²) in [6.45, 7) is 4.23. The summed E-state index contributed by atoms with van der Waals surface area (Å²) in [5.41, 5.74) is 2.78. The van der Waals surface area contributed by atoms with Gasteiger partial charge in [0, 0.05) is 30.5 Å². The molecule has 3 atom stereocenters. The van der Waals surface area contributed by atoms with Gasteiger partial charge in [0.05, 0.1) is 6.10 Å². The quantitative estimate of drug-likeness (QED) is 0.901. The second-order valence-corrected chi connectivity index (χ2v) is 6.43. The lowest BCUT2D eigenvalue weighted by molar-refractivity contribution is -0.0151. The largest absolute Gasteiger partial charge is 0.377 e. The molecule has 0 bridgehead atoms. The van der Waals surface area contributed by atoms with Gasteiger partial charge in [0.15, 0.2) is 0 Å². The average molecular weight is 288 g/mol. The first kappa shape index (κ1) is 15.0. The molecule has 2 heterocycles. The zero-order valence-corrected chi connectivity index (χ0v) is 13.2. The van der Waals surface area contributed by atoms with E-state index in [4.69, 9.17) is 9.72 Å². The molecule has 1 aliphatic carbocycles. The van der Waals surface area contributed by atoms with E-state index in [1.807, 2.05) is 6.20 Å². The number of pyridine rings is 1. The molecule has 1 aromatic rings. The molecule has 0 saturated carbocycles. The Labute approximate surface area is 128 Å². The maximum absolute atomic E-state index is 6.12. The van der Waals surface area contributed by atoms with Crippen LogP contribution in [0.3, 0.4) is 0 Å². The number of nitrogens with zero attached hydrogens (tertiary/aromatic N) is 1. The maximum atomic E-state index is 6.12. The molecule has 3 heteroatoms. The fourth-order valence-electron chi connectivity index (χ4n) is 3.89. The van der Waals surface area contributed by atoms with E-state index in [0.717, 1.165) is 13.2 Å². The van der Waals surface area contributed by atoms with Crippen molar-refractivity contribution < 1.29 is 4.74 Å². The molecule has 1 fully saturated rings. The van der Waals surface area contributed by atoms with Gasteiger partial charge in [0.2, 0.25) is 0 Å². The summed E-state index contributed by atoms with van der Waals surface area (Å²) in [6, 6.07) is 4.76. The molecule has 116 valence electrons. The highest BCUT2D eigenvalue weighted by Gasteiger charge is 2.35. The Morgan fingerprint density at radius 2 is 2.29 bits per heavy atom. The van der Waals surface area contributed by atoms with Gasteiger partial charge in [-0.1, -0.05) is 13.0 Å². The third-order valence-corrected chi connectivity index (χ3v) is 4.92. The van der Waals surface area contributed by atoms with E-state index in [2.05, 4.69) is 24.4 Å². The monoisotopic (exact) mass is 288 g/mol. The zero-order chi connectivity index (χ0) is 14.5. The summed E-state index contributed by atoms with van der Waals surface area (Å²) in [4.78, 5) is 4.73. The van der Waals surface area contributed by atoms with Gasteiger partial charge >= 0.3 is 0 Å². The van der Waals surface area contributed by atoms with E-state index in [1.165, 1.54) is 56.2 Å². The van der Waals surface area contributed by atoms with E-state index in [9.17, 15) is 0 Å². The fraction of sp³-hybridized carbons (Fsp3) is 0.722. The van der Waals surface area contributed by atoms with Crippen LogP contribution in [-0.4, -0.2) is 30.3 Å². The third kappa shape index (κ3) is 3.46. The standard InChI is InChI=1S/C18H28N2O/c1-2-11-19-18(16-10-3-4-13-21-16)15-9-5-7-14-8-6-12-20-17(14)15/h6,8,12,15-16,18-19H,2-5,7,9-11,13H2,1H3. The van der Waals surface area contributed by atoms with Crippen LogP contribution in [0.2, 0.25) is 0 Å². The van der Waals surface area contributed by atoms with Crippen molar-refractivity contribution in [3.63, 3.8) is 0 Å². The fourth-order valence-corrected chi connectivity index (χ4v) is 3.89. The molecule has 0 spiro atoms. The summed E-state index contributed by atoms with van der Waals surface area (Å²) in [5, 5.41) is 3.78. The van der Waals surface area contributed by atoms with Crippen LogP contribution >= 0.6 is 0 Å². The van der Waals surface area contributed by atoms with E-state index >= 15 is 0 Å². The summed E-state index contributed by atoms with van der Waals surface area (Å²) in [7, 11) is 0. The van der Waals surface area contributed by atoms with Gasteiger partial charge in [-0.3, -0.25) is 4.98 Å². The van der Waals surface area contributed by atoms with Crippen LogP contribution in [0.4, 0.5) is 0 Å². The number of fused-ring (bicyclic) bond motifs is 1. The van der Waals surface area contributed by atoms with E-state index in [0.29, 0.717) is 18.1 Å². The lowest BCUT2D eigenvalue weighted by Gasteiger charge is -2.38. The molecule has 0 aromatic carbocycles. The van der Waals surface area contributed by atoms with Crippen molar-refractivity contribution in [2.75, 3.05) is 13.2 Å². The predicted octanol–water partition coefficient (Wildman–Crippen LogP) is 3.44. The van der Waals surface area contributed by atoms with Gasteiger partial charge in [-0.25, -0.2) is 0 Å². The Kier molecular flexibility index (Phi) is 5.26. The molecular formula is C18H28N2O. The third-order valence-electron chi connectivity index (χ3n) is 4.92. The van der Waals surface area contributed by atoms with Gasteiger partial charge in [-0.15, -0.1) is 0 Å². The second-order valence-electron chi connectivity index (χ2n) is 6.43. The van der Waals surface area contributed by atoms with Gasteiger partial charge in [-0.05, 0) is 63.1 Å². The Bertz CT molecular complexity index is 443. The normalized spacial score (nSPS) is 27.1. The number of aromatic nitrogens is 1. The van der Waals surface area contributed by atoms with Crippen molar-refractivity contribution in [2.24, 2.45) is 0 Å². The molecule has 0 amide bonds. The highest BCUT2D eigenvalue weighted by molar-refractivity contribution is 5.27. The number of ether oxygens (including phenoxy) is 1. The highest BCUT2D eigenvalue weighted by atomic mass is 16.5. The van der Waals surface area contributed by atoms with Crippen LogP contribution in [0, 0.1) is 0 Å². The molecule has 1 aromatic heterocycles. The Morgan fingerprint density at radius 3 is 3.10 bits per heavy atom. The minimum atomic E-state index is 0.364. The number of hydrogen-bond donors (Lipinski definition) is 1. The first-order chi connectivity index (χ1) is 10.4. The van der Waals surface area contributed by atoms with Crippen molar-refractivity contribution in [3.05, 3.63) is 29.6 Å². The summed E-state index contributed by atoms with van der Waals surface area (Å²) >= 11 is 0. The topological polar surface area (TPSA) is 34.1 Å². The van der Waals surface area contributed by atoms with Crippen LogP contribution in [0.15, 0.2) is 18.3 Å².